The van der Waals surface area contributed by atoms with Crippen molar-refractivity contribution >= 4 is 42.4 Å². The molecule has 0 aromatic heterocycles. The van der Waals surface area contributed by atoms with Crippen LogP contribution in [-0.4, -0.2) is 68.9 Å². The minimum absolute atomic E-state index is 0.164. The Morgan fingerprint density at radius 3 is 1.38 bits per heavy atom. The molecule has 0 radical (unpaired) electrons. The summed E-state index contributed by atoms with van der Waals surface area (Å²) in [7, 11) is -4.66. The number of ether oxygens (including phenoxy) is 2. The zero-order chi connectivity index (χ0) is 24.2. The van der Waals surface area contributed by atoms with Crippen molar-refractivity contribution in [2.75, 3.05) is 26.4 Å². The highest BCUT2D eigenvalue weighted by molar-refractivity contribution is 6.47. The van der Waals surface area contributed by atoms with Gasteiger partial charge in [-0.1, -0.05) is 13.2 Å². The molecule has 180 valence electrons. The second-order valence-electron chi connectivity index (χ2n) is 6.00. The Labute approximate surface area is 191 Å². The smallest absolute Gasteiger partial charge is 0.385 e. The van der Waals surface area contributed by atoms with Crippen molar-refractivity contribution in [1.82, 2.24) is 0 Å². The van der Waals surface area contributed by atoms with E-state index in [0.29, 0.717) is 38.1 Å². The minimum Gasteiger partial charge on any atom is -0.493 e. The van der Waals surface area contributed by atoms with Crippen molar-refractivity contribution in [2.45, 2.75) is 38.8 Å². The van der Waals surface area contributed by atoms with E-state index in [1.807, 2.05) is 0 Å². The van der Waals surface area contributed by atoms with E-state index in [1.54, 1.807) is 13.8 Å². The standard InChI is InChI=1S/C20H32O10Si2/c1-5-17(21)25-13-9-15-31(27-7-3)29-19(23)11-12-20(24)30-32(28-8-4)16-10-14-26-18(22)6-2/h5-6,11-12,31-32H,1-2,7-10,13-16H2,3-4H3/b12-11-. The van der Waals surface area contributed by atoms with Crippen molar-refractivity contribution in [3.05, 3.63) is 37.5 Å². The quantitative estimate of drug-likeness (QED) is 0.0919. The number of hydrogen-bond donors (Lipinski definition) is 0. The zero-order valence-corrected chi connectivity index (χ0v) is 20.9. The average Bonchev–Trinajstić information content (AvgIpc) is 2.77. The number of carbonyl (C=O) groups excluding carboxylic acids is 4. The lowest BCUT2D eigenvalue weighted by Gasteiger charge is -2.15. The summed E-state index contributed by atoms with van der Waals surface area (Å²) in [4.78, 5) is 46.0. The maximum absolute atomic E-state index is 12.0. The fourth-order valence-corrected chi connectivity index (χ4v) is 5.29. The van der Waals surface area contributed by atoms with Crippen LogP contribution in [-0.2, 0) is 46.4 Å². The van der Waals surface area contributed by atoms with E-state index < -0.39 is 42.4 Å². The predicted molar refractivity (Wildman–Crippen MR) is 120 cm³/mol. The maximum atomic E-state index is 12.0. The summed E-state index contributed by atoms with van der Waals surface area (Å²) in [5.74, 6) is -2.49. The topological polar surface area (TPSA) is 124 Å². The van der Waals surface area contributed by atoms with Gasteiger partial charge in [0.15, 0.2) is 0 Å². The van der Waals surface area contributed by atoms with Gasteiger partial charge in [0.2, 0.25) is 0 Å². The molecule has 0 saturated heterocycles. The SMILES string of the molecule is C=CC(=O)OCCC[SiH](OCC)OC(=O)/C=C\C(=O)O[SiH](CCCOC(=O)C=C)OCC. The van der Waals surface area contributed by atoms with E-state index in [1.165, 1.54) is 0 Å². The van der Waals surface area contributed by atoms with Crippen LogP contribution in [0.5, 0.6) is 0 Å². The third-order valence-corrected chi connectivity index (χ3v) is 7.71. The number of rotatable bonds is 18. The molecular formula is C20H32O10Si2. The van der Waals surface area contributed by atoms with E-state index in [9.17, 15) is 19.2 Å². The lowest BCUT2D eigenvalue weighted by molar-refractivity contribution is -0.138. The molecule has 0 amide bonds. The molecule has 0 rings (SSSR count). The minimum atomic E-state index is -2.33. The van der Waals surface area contributed by atoms with E-state index in [4.69, 9.17) is 27.2 Å². The molecule has 12 heteroatoms. The van der Waals surface area contributed by atoms with Crippen LogP contribution in [0, 0.1) is 0 Å². The fourth-order valence-electron chi connectivity index (χ4n) is 2.16. The van der Waals surface area contributed by atoms with Gasteiger partial charge in [0.05, 0.1) is 13.2 Å². The van der Waals surface area contributed by atoms with E-state index in [-0.39, 0.29) is 13.2 Å². The molecular weight excluding hydrogens is 456 g/mol. The van der Waals surface area contributed by atoms with E-state index in [0.717, 1.165) is 24.3 Å². The van der Waals surface area contributed by atoms with Crippen LogP contribution >= 0.6 is 0 Å². The molecule has 2 atom stereocenters. The van der Waals surface area contributed by atoms with Crippen molar-refractivity contribution < 1.29 is 46.4 Å². The van der Waals surface area contributed by atoms with Gasteiger partial charge in [-0.05, 0) is 26.7 Å². The Kier molecular flexibility index (Phi) is 17.6. The largest absolute Gasteiger partial charge is 0.493 e. The number of carbonyl (C=O) groups is 4. The fraction of sp³-hybridized carbons (Fsp3) is 0.500. The van der Waals surface area contributed by atoms with Gasteiger partial charge < -0.3 is 27.2 Å². The Bertz CT molecular complexity index is 596. The molecule has 0 aliphatic carbocycles. The first-order chi connectivity index (χ1) is 15.4. The van der Waals surface area contributed by atoms with Crippen molar-refractivity contribution in [2.24, 2.45) is 0 Å². The molecule has 0 aromatic carbocycles. The summed E-state index contributed by atoms with van der Waals surface area (Å²) in [6.45, 7) is 11.2. The highest BCUT2D eigenvalue weighted by Gasteiger charge is 2.19. The van der Waals surface area contributed by atoms with Crippen LogP contribution in [0.25, 0.3) is 0 Å². The second kappa shape index (κ2) is 19.2. The van der Waals surface area contributed by atoms with Crippen LogP contribution in [0.3, 0.4) is 0 Å². The van der Waals surface area contributed by atoms with Crippen LogP contribution in [0.15, 0.2) is 37.5 Å². The van der Waals surface area contributed by atoms with E-state index >= 15 is 0 Å². The highest BCUT2D eigenvalue weighted by Crippen LogP contribution is 2.06. The lowest BCUT2D eigenvalue weighted by atomic mass is 10.5. The second-order valence-corrected chi connectivity index (χ2v) is 10.0. The van der Waals surface area contributed by atoms with Crippen molar-refractivity contribution in [1.29, 1.82) is 0 Å². The van der Waals surface area contributed by atoms with Gasteiger partial charge in [-0.2, -0.15) is 0 Å². The Hall–Kier alpha value is -2.55. The van der Waals surface area contributed by atoms with Gasteiger partial charge in [-0.15, -0.1) is 0 Å². The van der Waals surface area contributed by atoms with Crippen LogP contribution < -0.4 is 0 Å². The summed E-state index contributed by atoms with van der Waals surface area (Å²) in [5.41, 5.74) is 0. The molecule has 0 heterocycles. The number of hydrogen-bond acceptors (Lipinski definition) is 10. The summed E-state index contributed by atoms with van der Waals surface area (Å²) in [5, 5.41) is 0. The molecule has 0 bridgehead atoms. The third-order valence-electron chi connectivity index (χ3n) is 3.55. The van der Waals surface area contributed by atoms with Gasteiger partial charge in [-0.3, -0.25) is 0 Å². The molecule has 0 aliphatic heterocycles. The molecule has 0 fully saturated rings. The van der Waals surface area contributed by atoms with Gasteiger partial charge in [0.1, 0.15) is 0 Å². The molecule has 0 saturated carbocycles. The third kappa shape index (κ3) is 16.2. The molecule has 0 aromatic rings. The first kappa shape index (κ1) is 29.5. The molecule has 0 spiro atoms. The van der Waals surface area contributed by atoms with Crippen LogP contribution in [0.4, 0.5) is 0 Å². The molecule has 0 N–H and O–H groups in total. The summed E-state index contributed by atoms with van der Waals surface area (Å²) in [6.07, 6.45) is 5.03. The van der Waals surface area contributed by atoms with Gasteiger partial charge in [-0.25, -0.2) is 19.2 Å². The maximum Gasteiger partial charge on any atom is 0.385 e. The average molecular weight is 489 g/mol. The van der Waals surface area contributed by atoms with Crippen molar-refractivity contribution in [3.8, 4) is 0 Å². The van der Waals surface area contributed by atoms with Gasteiger partial charge in [0, 0.05) is 49.6 Å². The zero-order valence-electron chi connectivity index (χ0n) is 18.6. The van der Waals surface area contributed by atoms with E-state index in [2.05, 4.69) is 13.2 Å². The van der Waals surface area contributed by atoms with Crippen molar-refractivity contribution in [3.63, 3.8) is 0 Å². The first-order valence-electron chi connectivity index (χ1n) is 10.3. The van der Waals surface area contributed by atoms with Gasteiger partial charge >= 0.3 is 42.4 Å². The van der Waals surface area contributed by atoms with Gasteiger partial charge in [0.25, 0.3) is 0 Å². The van der Waals surface area contributed by atoms with Crippen LogP contribution in [0.1, 0.15) is 26.7 Å². The highest BCUT2D eigenvalue weighted by atomic mass is 28.3. The molecule has 2 unspecified atom stereocenters. The lowest BCUT2D eigenvalue weighted by Crippen LogP contribution is -2.27. The summed E-state index contributed by atoms with van der Waals surface area (Å²) >= 11 is 0. The summed E-state index contributed by atoms with van der Waals surface area (Å²) < 4.78 is 31.2. The first-order valence-corrected chi connectivity index (χ1v) is 13.8. The normalized spacial score (nSPS) is 12.4. The van der Waals surface area contributed by atoms with Crippen LogP contribution in [0.2, 0.25) is 12.1 Å². The Morgan fingerprint density at radius 2 is 1.06 bits per heavy atom. The molecule has 32 heavy (non-hydrogen) atoms. The predicted octanol–water partition coefficient (Wildman–Crippen LogP) is 1.38. The monoisotopic (exact) mass is 488 g/mol. The number of esters is 2. The molecule has 10 nitrogen and oxygen atoms in total. The summed E-state index contributed by atoms with van der Waals surface area (Å²) in [6, 6.07) is 0.885. The Balaban J connectivity index is 4.45. The Morgan fingerprint density at radius 1 is 0.688 bits per heavy atom. The molecule has 0 aliphatic rings.